The molecule has 1 aromatic heterocycles. The Morgan fingerprint density at radius 3 is 2.93 bits per heavy atom. The van der Waals surface area contributed by atoms with Crippen molar-refractivity contribution in [1.82, 2.24) is 14.8 Å². The van der Waals surface area contributed by atoms with Gasteiger partial charge in [-0.05, 0) is 36.1 Å². The summed E-state index contributed by atoms with van der Waals surface area (Å²) in [6, 6.07) is 11.1. The average Bonchev–Trinajstić information content (AvgIpc) is 3.14. The Morgan fingerprint density at radius 2 is 2.00 bits per heavy atom. The Morgan fingerprint density at radius 1 is 1.11 bits per heavy atom. The summed E-state index contributed by atoms with van der Waals surface area (Å²) in [5.74, 6) is 2.01. The van der Waals surface area contributed by atoms with Crippen molar-refractivity contribution >= 4 is 6.03 Å². The zero-order valence-corrected chi connectivity index (χ0v) is 14.9. The number of benzene rings is 1. The molecule has 7 nitrogen and oxygen atoms in total. The molecule has 1 fully saturated rings. The highest BCUT2D eigenvalue weighted by molar-refractivity contribution is 5.74. The maximum atomic E-state index is 12.7. The standard InChI is InChI=1S/C20H21N3O4/c24-19-3-1-2-16-15-6-14(10-23(16)19)9-22(11-15)20(25)21-8-13-4-5-17-18(7-13)27-12-26-17/h1-5,7,14-15H,6,8-12H2,(H,21,25). The summed E-state index contributed by atoms with van der Waals surface area (Å²) in [6.45, 7) is 2.71. The lowest BCUT2D eigenvalue weighted by atomic mass is 9.83. The molecule has 140 valence electrons. The molecule has 2 unspecified atom stereocenters. The number of ether oxygens (including phenoxy) is 2. The summed E-state index contributed by atoms with van der Waals surface area (Å²) in [5, 5.41) is 3.01. The average molecular weight is 367 g/mol. The number of hydrogen-bond donors (Lipinski definition) is 1. The molecular weight excluding hydrogens is 346 g/mol. The van der Waals surface area contributed by atoms with Crippen LogP contribution in [0.25, 0.3) is 0 Å². The number of carbonyl (C=O) groups excluding carboxylic acids is 1. The highest BCUT2D eigenvalue weighted by Gasteiger charge is 2.36. The molecule has 2 atom stereocenters. The van der Waals surface area contributed by atoms with E-state index >= 15 is 0 Å². The molecule has 0 spiro atoms. The normalized spacial score (nSPS) is 22.3. The van der Waals surface area contributed by atoms with E-state index in [0.29, 0.717) is 32.1 Å². The van der Waals surface area contributed by atoms with Gasteiger partial charge in [0.05, 0.1) is 0 Å². The van der Waals surface area contributed by atoms with Crippen molar-refractivity contribution in [3.8, 4) is 11.5 Å². The molecule has 2 aromatic rings. The lowest BCUT2D eigenvalue weighted by Crippen LogP contribution is -2.51. The summed E-state index contributed by atoms with van der Waals surface area (Å²) in [4.78, 5) is 26.7. The monoisotopic (exact) mass is 367 g/mol. The van der Waals surface area contributed by atoms with Crippen molar-refractivity contribution < 1.29 is 14.3 Å². The molecule has 0 radical (unpaired) electrons. The van der Waals surface area contributed by atoms with Crippen LogP contribution in [0.5, 0.6) is 11.5 Å². The molecule has 2 bridgehead atoms. The number of nitrogens with one attached hydrogen (secondary N) is 1. The summed E-state index contributed by atoms with van der Waals surface area (Å²) >= 11 is 0. The fourth-order valence-electron chi connectivity index (χ4n) is 4.40. The number of rotatable bonds is 2. The second-order valence-corrected chi connectivity index (χ2v) is 7.45. The number of hydrogen-bond acceptors (Lipinski definition) is 4. The van der Waals surface area contributed by atoms with Gasteiger partial charge in [-0.3, -0.25) is 4.79 Å². The third kappa shape index (κ3) is 2.93. The highest BCUT2D eigenvalue weighted by atomic mass is 16.7. The van der Waals surface area contributed by atoms with E-state index in [-0.39, 0.29) is 24.3 Å². The van der Waals surface area contributed by atoms with Crippen LogP contribution >= 0.6 is 0 Å². The van der Waals surface area contributed by atoms with Gasteiger partial charge in [0.25, 0.3) is 5.56 Å². The first kappa shape index (κ1) is 16.2. The third-order valence-electron chi connectivity index (χ3n) is 5.65. The van der Waals surface area contributed by atoms with Gasteiger partial charge in [-0.15, -0.1) is 0 Å². The number of pyridine rings is 1. The lowest BCUT2D eigenvalue weighted by Gasteiger charge is -2.42. The topological polar surface area (TPSA) is 72.8 Å². The summed E-state index contributed by atoms with van der Waals surface area (Å²) < 4.78 is 12.6. The number of carbonyl (C=O) groups is 1. The van der Waals surface area contributed by atoms with Crippen LogP contribution in [0.1, 0.15) is 23.6 Å². The third-order valence-corrected chi connectivity index (χ3v) is 5.65. The fraction of sp³-hybridized carbons (Fsp3) is 0.400. The van der Waals surface area contributed by atoms with Crippen molar-refractivity contribution in [2.24, 2.45) is 5.92 Å². The van der Waals surface area contributed by atoms with Crippen molar-refractivity contribution in [2.75, 3.05) is 19.9 Å². The Kier molecular flexibility index (Phi) is 3.81. The maximum absolute atomic E-state index is 12.7. The molecule has 2 amide bonds. The molecule has 1 N–H and O–H groups in total. The van der Waals surface area contributed by atoms with Crippen LogP contribution < -0.4 is 20.3 Å². The van der Waals surface area contributed by atoms with Gasteiger partial charge in [0, 0.05) is 43.9 Å². The number of urea groups is 1. The van der Waals surface area contributed by atoms with Crippen LogP contribution in [0, 0.1) is 5.92 Å². The molecule has 0 saturated carbocycles. The molecule has 5 rings (SSSR count). The van der Waals surface area contributed by atoms with Gasteiger partial charge in [0.1, 0.15) is 0 Å². The van der Waals surface area contributed by atoms with Crippen molar-refractivity contribution in [3.63, 3.8) is 0 Å². The van der Waals surface area contributed by atoms with E-state index in [4.69, 9.17) is 9.47 Å². The number of amides is 2. The first-order chi connectivity index (χ1) is 13.2. The SMILES string of the molecule is O=C(NCc1ccc2c(c1)OCO2)N1CC2CC(C1)c1cccc(=O)n1C2. The highest BCUT2D eigenvalue weighted by Crippen LogP contribution is 2.35. The fourth-order valence-corrected chi connectivity index (χ4v) is 4.40. The van der Waals surface area contributed by atoms with Gasteiger partial charge < -0.3 is 24.3 Å². The van der Waals surface area contributed by atoms with E-state index in [9.17, 15) is 9.59 Å². The van der Waals surface area contributed by atoms with Crippen molar-refractivity contribution in [1.29, 1.82) is 0 Å². The minimum Gasteiger partial charge on any atom is -0.454 e. The van der Waals surface area contributed by atoms with Crippen molar-refractivity contribution in [3.05, 3.63) is 58.0 Å². The van der Waals surface area contributed by atoms with Crippen LogP contribution in [-0.2, 0) is 13.1 Å². The number of likely N-dealkylation sites (tertiary alicyclic amines) is 1. The zero-order chi connectivity index (χ0) is 18.4. The van der Waals surface area contributed by atoms with Gasteiger partial charge in [-0.2, -0.15) is 0 Å². The van der Waals surface area contributed by atoms with Gasteiger partial charge in [0.2, 0.25) is 6.79 Å². The molecule has 7 heteroatoms. The van der Waals surface area contributed by atoms with Gasteiger partial charge >= 0.3 is 6.03 Å². The molecule has 1 aromatic carbocycles. The zero-order valence-electron chi connectivity index (χ0n) is 14.9. The molecule has 27 heavy (non-hydrogen) atoms. The minimum atomic E-state index is -0.0610. The van der Waals surface area contributed by atoms with E-state index in [1.807, 2.05) is 39.8 Å². The maximum Gasteiger partial charge on any atom is 0.317 e. The van der Waals surface area contributed by atoms with Crippen LogP contribution in [0.15, 0.2) is 41.2 Å². The number of nitrogens with zero attached hydrogens (tertiary/aromatic N) is 2. The lowest BCUT2D eigenvalue weighted by molar-refractivity contribution is 0.131. The van der Waals surface area contributed by atoms with Crippen LogP contribution in [0.4, 0.5) is 4.79 Å². The number of aromatic nitrogens is 1. The van der Waals surface area contributed by atoms with Crippen LogP contribution in [0.2, 0.25) is 0 Å². The first-order valence-corrected chi connectivity index (χ1v) is 9.28. The summed E-state index contributed by atoms with van der Waals surface area (Å²) in [7, 11) is 0. The Balaban J connectivity index is 1.26. The number of piperidine rings is 1. The summed E-state index contributed by atoms with van der Waals surface area (Å²) in [5.41, 5.74) is 2.08. The Labute approximate surface area is 156 Å². The minimum absolute atomic E-state index is 0.0582. The molecular formula is C20H21N3O4. The Bertz CT molecular complexity index is 954. The molecule has 4 heterocycles. The van der Waals surface area contributed by atoms with E-state index in [2.05, 4.69) is 5.32 Å². The summed E-state index contributed by atoms with van der Waals surface area (Å²) in [6.07, 6.45) is 1.04. The van der Waals surface area contributed by atoms with E-state index < -0.39 is 0 Å². The van der Waals surface area contributed by atoms with Gasteiger partial charge in [-0.25, -0.2) is 4.79 Å². The van der Waals surface area contributed by atoms with E-state index in [0.717, 1.165) is 29.2 Å². The second kappa shape index (κ2) is 6.33. The number of fused-ring (bicyclic) bond motifs is 5. The second-order valence-electron chi connectivity index (χ2n) is 7.45. The molecule has 1 saturated heterocycles. The van der Waals surface area contributed by atoms with E-state index in [1.165, 1.54) is 0 Å². The van der Waals surface area contributed by atoms with Crippen LogP contribution in [-0.4, -0.2) is 35.4 Å². The quantitative estimate of drug-likeness (QED) is 0.880. The molecule has 3 aliphatic rings. The Hall–Kier alpha value is -2.96. The van der Waals surface area contributed by atoms with Crippen molar-refractivity contribution in [2.45, 2.75) is 25.4 Å². The molecule has 3 aliphatic heterocycles. The largest absolute Gasteiger partial charge is 0.454 e. The van der Waals surface area contributed by atoms with Gasteiger partial charge in [-0.1, -0.05) is 12.1 Å². The smallest absolute Gasteiger partial charge is 0.317 e. The van der Waals surface area contributed by atoms with Gasteiger partial charge in [0.15, 0.2) is 11.5 Å². The van der Waals surface area contributed by atoms with E-state index in [1.54, 1.807) is 6.07 Å². The molecule has 0 aliphatic carbocycles. The predicted octanol–water partition coefficient (Wildman–Crippen LogP) is 1.91. The van der Waals surface area contributed by atoms with Crippen LogP contribution in [0.3, 0.4) is 0 Å². The predicted molar refractivity (Wildman–Crippen MR) is 97.9 cm³/mol. The first-order valence-electron chi connectivity index (χ1n) is 9.28.